The smallest absolute Gasteiger partial charge is 0.158 e. The largest absolute Gasteiger partial charge is 0.329 e. The van der Waals surface area contributed by atoms with E-state index in [2.05, 4.69) is 32.6 Å². The first-order valence-corrected chi connectivity index (χ1v) is 8.68. The Hall–Kier alpha value is -1.71. The first-order chi connectivity index (χ1) is 10.8. The molecule has 2 fully saturated rings. The number of imidazole rings is 1. The first-order valence-electron chi connectivity index (χ1n) is 8.68. The highest BCUT2D eigenvalue weighted by atomic mass is 15.1. The monoisotopic (exact) mass is 296 g/mol. The molecule has 3 atom stereocenters. The van der Waals surface area contributed by atoms with Crippen LogP contribution in [0.15, 0.2) is 24.7 Å². The zero-order valence-corrected chi connectivity index (χ0v) is 13.3. The van der Waals surface area contributed by atoms with E-state index in [4.69, 9.17) is 0 Å². The van der Waals surface area contributed by atoms with Gasteiger partial charge in [0.25, 0.3) is 0 Å². The SMILES string of the molecule is CCc1nccc(-c2nccn2C[C@@H]2CC[C@H]3CCC[C@H]32)n1. The predicted octanol–water partition coefficient (Wildman–Crippen LogP) is 3.73. The Bertz CT molecular complexity index is 648. The second-order valence-electron chi connectivity index (χ2n) is 6.81. The van der Waals surface area contributed by atoms with Gasteiger partial charge >= 0.3 is 0 Å². The van der Waals surface area contributed by atoms with Crippen molar-refractivity contribution in [2.75, 3.05) is 0 Å². The van der Waals surface area contributed by atoms with Gasteiger partial charge in [-0.15, -0.1) is 0 Å². The van der Waals surface area contributed by atoms with Gasteiger partial charge in [-0.3, -0.25) is 0 Å². The molecule has 4 rings (SSSR count). The van der Waals surface area contributed by atoms with Crippen molar-refractivity contribution in [3.8, 4) is 11.5 Å². The van der Waals surface area contributed by atoms with Crippen LogP contribution in [0.25, 0.3) is 11.5 Å². The maximum Gasteiger partial charge on any atom is 0.158 e. The van der Waals surface area contributed by atoms with E-state index in [0.29, 0.717) is 0 Å². The number of nitrogens with zero attached hydrogens (tertiary/aromatic N) is 4. The highest BCUT2D eigenvalue weighted by Crippen LogP contribution is 2.48. The molecule has 22 heavy (non-hydrogen) atoms. The molecule has 4 nitrogen and oxygen atoms in total. The van der Waals surface area contributed by atoms with Crippen LogP contribution in [0.5, 0.6) is 0 Å². The summed E-state index contributed by atoms with van der Waals surface area (Å²) in [7, 11) is 0. The van der Waals surface area contributed by atoms with Crippen LogP contribution in [0, 0.1) is 17.8 Å². The molecule has 2 aromatic rings. The van der Waals surface area contributed by atoms with Crippen LogP contribution in [-0.2, 0) is 13.0 Å². The van der Waals surface area contributed by atoms with Gasteiger partial charge < -0.3 is 4.57 Å². The van der Waals surface area contributed by atoms with Crippen molar-refractivity contribution < 1.29 is 0 Å². The molecule has 0 amide bonds. The lowest BCUT2D eigenvalue weighted by atomic mass is 9.92. The summed E-state index contributed by atoms with van der Waals surface area (Å²) in [4.78, 5) is 13.5. The number of aryl methyl sites for hydroxylation is 1. The highest BCUT2D eigenvalue weighted by Gasteiger charge is 2.39. The van der Waals surface area contributed by atoms with E-state index in [9.17, 15) is 0 Å². The third-order valence-corrected chi connectivity index (χ3v) is 5.63. The third-order valence-electron chi connectivity index (χ3n) is 5.63. The molecular formula is C18H24N4. The minimum absolute atomic E-state index is 0.827. The van der Waals surface area contributed by atoms with Crippen LogP contribution in [0.3, 0.4) is 0 Å². The molecule has 2 aliphatic carbocycles. The highest BCUT2D eigenvalue weighted by molar-refractivity contribution is 5.49. The summed E-state index contributed by atoms with van der Waals surface area (Å²) in [5.41, 5.74) is 0.956. The lowest BCUT2D eigenvalue weighted by molar-refractivity contribution is 0.317. The molecule has 0 radical (unpaired) electrons. The van der Waals surface area contributed by atoms with Gasteiger partial charge in [-0.2, -0.15) is 0 Å². The lowest BCUT2D eigenvalue weighted by Crippen LogP contribution is -2.16. The molecule has 0 aromatic carbocycles. The third kappa shape index (κ3) is 2.44. The van der Waals surface area contributed by atoms with Gasteiger partial charge in [0.05, 0.1) is 0 Å². The summed E-state index contributed by atoms with van der Waals surface area (Å²) in [6, 6.07) is 1.98. The average molecular weight is 296 g/mol. The van der Waals surface area contributed by atoms with Crippen molar-refractivity contribution in [2.45, 2.75) is 52.0 Å². The van der Waals surface area contributed by atoms with Crippen molar-refractivity contribution in [2.24, 2.45) is 17.8 Å². The molecule has 0 N–H and O–H groups in total. The number of hydrogen-bond donors (Lipinski definition) is 0. The fraction of sp³-hybridized carbons (Fsp3) is 0.611. The average Bonchev–Trinajstić information content (AvgIpc) is 3.26. The topological polar surface area (TPSA) is 43.6 Å². The Morgan fingerprint density at radius 3 is 3.00 bits per heavy atom. The second kappa shape index (κ2) is 5.82. The fourth-order valence-corrected chi connectivity index (χ4v) is 4.55. The van der Waals surface area contributed by atoms with E-state index >= 15 is 0 Å². The van der Waals surface area contributed by atoms with E-state index in [1.54, 1.807) is 0 Å². The molecule has 2 saturated carbocycles. The summed E-state index contributed by atoms with van der Waals surface area (Å²) in [6.45, 7) is 3.19. The van der Waals surface area contributed by atoms with Crippen molar-refractivity contribution in [3.05, 3.63) is 30.5 Å². The van der Waals surface area contributed by atoms with Crippen molar-refractivity contribution >= 4 is 0 Å². The number of fused-ring (bicyclic) bond motifs is 1. The summed E-state index contributed by atoms with van der Waals surface area (Å²) in [5.74, 6) is 4.67. The lowest BCUT2D eigenvalue weighted by Gasteiger charge is -2.20. The molecule has 0 spiro atoms. The Balaban J connectivity index is 1.57. The van der Waals surface area contributed by atoms with Gasteiger partial charge in [0, 0.05) is 31.6 Å². The van der Waals surface area contributed by atoms with Crippen LogP contribution in [-0.4, -0.2) is 19.5 Å². The van der Waals surface area contributed by atoms with Gasteiger partial charge in [-0.05, 0) is 43.1 Å². The molecular weight excluding hydrogens is 272 g/mol. The predicted molar refractivity (Wildman–Crippen MR) is 86.2 cm³/mol. The van der Waals surface area contributed by atoms with E-state index in [1.165, 1.54) is 32.1 Å². The van der Waals surface area contributed by atoms with Crippen molar-refractivity contribution in [1.29, 1.82) is 0 Å². The molecule has 0 bridgehead atoms. The molecule has 2 heterocycles. The van der Waals surface area contributed by atoms with E-state index in [-0.39, 0.29) is 0 Å². The Labute approximate surface area is 132 Å². The fourth-order valence-electron chi connectivity index (χ4n) is 4.55. The van der Waals surface area contributed by atoms with Crippen LogP contribution in [0.1, 0.15) is 44.9 Å². The molecule has 2 aliphatic rings. The van der Waals surface area contributed by atoms with Crippen LogP contribution < -0.4 is 0 Å². The molecule has 4 heteroatoms. The van der Waals surface area contributed by atoms with E-state index in [1.807, 2.05) is 18.5 Å². The first kappa shape index (κ1) is 13.9. The summed E-state index contributed by atoms with van der Waals surface area (Å²) < 4.78 is 2.31. The Morgan fingerprint density at radius 2 is 2.09 bits per heavy atom. The van der Waals surface area contributed by atoms with Crippen LogP contribution in [0.4, 0.5) is 0 Å². The van der Waals surface area contributed by atoms with Crippen LogP contribution >= 0.6 is 0 Å². The standard InChI is InChI=1S/C18H24N4/c1-2-17-19-9-8-16(21-17)18-20-10-11-22(18)12-14-7-6-13-4-3-5-15(13)14/h8-11,13-15H,2-7,12H2,1H3/t13-,14+,15-/m1/s1. The van der Waals surface area contributed by atoms with Gasteiger partial charge in [0.1, 0.15) is 11.5 Å². The normalized spacial score (nSPS) is 27.2. The summed E-state index contributed by atoms with van der Waals surface area (Å²) in [6.07, 6.45) is 13.9. The van der Waals surface area contributed by atoms with Gasteiger partial charge in [0.2, 0.25) is 0 Å². The van der Waals surface area contributed by atoms with Gasteiger partial charge in [0.15, 0.2) is 5.82 Å². The quantitative estimate of drug-likeness (QED) is 0.863. The van der Waals surface area contributed by atoms with Gasteiger partial charge in [-0.1, -0.05) is 19.8 Å². The molecule has 2 aromatic heterocycles. The zero-order chi connectivity index (χ0) is 14.9. The number of hydrogen-bond acceptors (Lipinski definition) is 3. The van der Waals surface area contributed by atoms with Crippen molar-refractivity contribution in [1.82, 2.24) is 19.5 Å². The molecule has 0 saturated heterocycles. The van der Waals surface area contributed by atoms with Crippen molar-refractivity contribution in [3.63, 3.8) is 0 Å². The number of aromatic nitrogens is 4. The molecule has 0 aliphatic heterocycles. The summed E-state index contributed by atoms with van der Waals surface area (Å²) in [5, 5.41) is 0. The zero-order valence-electron chi connectivity index (χ0n) is 13.3. The maximum absolute atomic E-state index is 4.64. The van der Waals surface area contributed by atoms with E-state index in [0.717, 1.165) is 48.1 Å². The van der Waals surface area contributed by atoms with Crippen LogP contribution in [0.2, 0.25) is 0 Å². The van der Waals surface area contributed by atoms with E-state index < -0.39 is 0 Å². The molecule has 116 valence electrons. The Morgan fingerprint density at radius 1 is 1.14 bits per heavy atom. The number of rotatable bonds is 4. The van der Waals surface area contributed by atoms with Gasteiger partial charge in [-0.25, -0.2) is 15.0 Å². The minimum atomic E-state index is 0.827. The second-order valence-corrected chi connectivity index (χ2v) is 6.81. The maximum atomic E-state index is 4.64. The Kier molecular flexibility index (Phi) is 3.68. The summed E-state index contributed by atoms with van der Waals surface area (Å²) >= 11 is 0. The minimum Gasteiger partial charge on any atom is -0.329 e. The molecule has 0 unspecified atom stereocenters.